The number of carbonyl (C=O) groups is 1. The Morgan fingerprint density at radius 2 is 1.75 bits per heavy atom. The van der Waals surface area contributed by atoms with Gasteiger partial charge >= 0.3 is 0 Å². The van der Waals surface area contributed by atoms with Crippen LogP contribution in [0.5, 0.6) is 11.5 Å². The fourth-order valence-electron chi connectivity index (χ4n) is 3.52. The first-order chi connectivity index (χ1) is 15.4. The van der Waals surface area contributed by atoms with Crippen molar-refractivity contribution in [1.82, 2.24) is 9.29 Å². The lowest BCUT2D eigenvalue weighted by Crippen LogP contribution is -2.35. The number of aromatic nitrogens is 1. The zero-order chi connectivity index (χ0) is 22.6. The van der Waals surface area contributed by atoms with E-state index in [2.05, 4.69) is 10.3 Å². The number of amides is 1. The van der Waals surface area contributed by atoms with Gasteiger partial charge in [0.25, 0.3) is 5.91 Å². The van der Waals surface area contributed by atoms with Crippen molar-refractivity contribution in [2.24, 2.45) is 0 Å². The van der Waals surface area contributed by atoms with E-state index >= 15 is 0 Å². The second-order valence-corrected chi connectivity index (χ2v) is 9.62. The number of hydrogen-bond donors (Lipinski definition) is 1. The smallest absolute Gasteiger partial charge is 0.257 e. The van der Waals surface area contributed by atoms with Gasteiger partial charge in [0.2, 0.25) is 10.0 Å². The van der Waals surface area contributed by atoms with E-state index < -0.39 is 15.9 Å². The predicted octanol–water partition coefficient (Wildman–Crippen LogP) is 4.61. The van der Waals surface area contributed by atoms with Crippen LogP contribution in [0, 0.1) is 6.92 Å². The number of benzene rings is 2. The van der Waals surface area contributed by atoms with Crippen LogP contribution in [0.4, 0.5) is 5.69 Å². The van der Waals surface area contributed by atoms with Crippen LogP contribution in [0.3, 0.4) is 0 Å². The Morgan fingerprint density at radius 3 is 2.44 bits per heavy atom. The molecule has 0 atom stereocenters. The molecule has 0 unspecified atom stereocenters. The molecule has 0 spiro atoms. The lowest BCUT2D eigenvalue weighted by molar-refractivity contribution is 0.102. The number of rotatable bonds is 6. The van der Waals surface area contributed by atoms with Crippen molar-refractivity contribution in [3.63, 3.8) is 0 Å². The number of nitrogens with one attached hydrogen (secondary N) is 1. The minimum Gasteiger partial charge on any atom is -0.455 e. The Balaban J connectivity index is 1.68. The van der Waals surface area contributed by atoms with Crippen LogP contribution >= 0.6 is 0 Å². The predicted molar refractivity (Wildman–Crippen MR) is 122 cm³/mol. The molecule has 1 amide bonds. The number of piperidine rings is 1. The topological polar surface area (TPSA) is 88.6 Å². The maximum atomic E-state index is 13.2. The van der Waals surface area contributed by atoms with Crippen LogP contribution in [0.25, 0.3) is 0 Å². The van der Waals surface area contributed by atoms with Crippen LogP contribution in [0.1, 0.15) is 35.3 Å². The number of aryl methyl sites for hydroxylation is 1. The van der Waals surface area contributed by atoms with Gasteiger partial charge in [0.1, 0.15) is 5.75 Å². The quantitative estimate of drug-likeness (QED) is 0.591. The SMILES string of the molecule is Cc1ccc(C(=O)Nc2cc(S(=O)(=O)N3CCCCC3)ccc2Oc2ccccc2)cn1. The molecule has 0 bridgehead atoms. The van der Waals surface area contributed by atoms with Gasteiger partial charge in [0.05, 0.1) is 16.1 Å². The summed E-state index contributed by atoms with van der Waals surface area (Å²) in [7, 11) is -3.67. The molecule has 0 aliphatic carbocycles. The van der Waals surface area contributed by atoms with Crippen molar-refractivity contribution in [2.75, 3.05) is 18.4 Å². The van der Waals surface area contributed by atoms with Crippen molar-refractivity contribution < 1.29 is 17.9 Å². The van der Waals surface area contributed by atoms with Crippen LogP contribution in [-0.4, -0.2) is 36.7 Å². The normalized spacial score (nSPS) is 14.7. The second kappa shape index (κ2) is 9.50. The molecule has 3 aromatic rings. The summed E-state index contributed by atoms with van der Waals surface area (Å²) in [5.74, 6) is 0.525. The summed E-state index contributed by atoms with van der Waals surface area (Å²) in [5.41, 5.74) is 1.44. The van der Waals surface area contributed by atoms with E-state index in [9.17, 15) is 13.2 Å². The fourth-order valence-corrected chi connectivity index (χ4v) is 5.07. The van der Waals surface area contributed by atoms with E-state index in [1.807, 2.05) is 25.1 Å². The highest BCUT2D eigenvalue weighted by atomic mass is 32.2. The molecule has 1 aromatic heterocycles. The van der Waals surface area contributed by atoms with Gasteiger partial charge in [0.15, 0.2) is 5.75 Å². The monoisotopic (exact) mass is 451 g/mol. The number of para-hydroxylation sites is 1. The van der Waals surface area contributed by atoms with E-state index in [0.29, 0.717) is 30.2 Å². The first kappa shape index (κ1) is 22.0. The van der Waals surface area contributed by atoms with Gasteiger partial charge in [0, 0.05) is 25.0 Å². The first-order valence-electron chi connectivity index (χ1n) is 10.5. The average molecular weight is 452 g/mol. The molecule has 32 heavy (non-hydrogen) atoms. The minimum atomic E-state index is -3.67. The van der Waals surface area contributed by atoms with Gasteiger partial charge in [-0.15, -0.1) is 0 Å². The molecule has 0 saturated carbocycles. The molecule has 8 heteroatoms. The third-order valence-electron chi connectivity index (χ3n) is 5.30. The molecule has 2 aromatic carbocycles. The molecular formula is C24H25N3O4S. The highest BCUT2D eigenvalue weighted by molar-refractivity contribution is 7.89. The number of ether oxygens (including phenoxy) is 1. The Kier molecular flexibility index (Phi) is 6.53. The van der Waals surface area contributed by atoms with Crippen LogP contribution in [0.2, 0.25) is 0 Å². The summed E-state index contributed by atoms with van der Waals surface area (Å²) in [5, 5.41) is 2.80. The maximum absolute atomic E-state index is 13.2. The Labute approximate surface area is 188 Å². The third kappa shape index (κ3) is 4.98. The van der Waals surface area contributed by atoms with Crippen molar-refractivity contribution >= 4 is 21.6 Å². The van der Waals surface area contributed by atoms with E-state index in [0.717, 1.165) is 25.0 Å². The average Bonchev–Trinajstić information content (AvgIpc) is 2.82. The third-order valence-corrected chi connectivity index (χ3v) is 7.19. The second-order valence-electron chi connectivity index (χ2n) is 7.68. The molecule has 1 saturated heterocycles. The van der Waals surface area contributed by atoms with Gasteiger partial charge in [-0.25, -0.2) is 8.42 Å². The summed E-state index contributed by atoms with van der Waals surface area (Å²) >= 11 is 0. The van der Waals surface area contributed by atoms with Crippen LogP contribution < -0.4 is 10.1 Å². The van der Waals surface area contributed by atoms with E-state index in [4.69, 9.17) is 4.74 Å². The molecule has 1 fully saturated rings. The fraction of sp³-hybridized carbons (Fsp3) is 0.250. The number of sulfonamides is 1. The Bertz CT molecular complexity index is 1190. The summed E-state index contributed by atoms with van der Waals surface area (Å²) in [6.07, 6.45) is 4.20. The lowest BCUT2D eigenvalue weighted by Gasteiger charge is -2.26. The molecule has 166 valence electrons. The molecule has 1 N–H and O–H groups in total. The van der Waals surface area contributed by atoms with Crippen molar-refractivity contribution in [3.8, 4) is 11.5 Å². The highest BCUT2D eigenvalue weighted by Crippen LogP contribution is 2.33. The molecule has 2 heterocycles. The molecule has 1 aliphatic rings. The van der Waals surface area contributed by atoms with E-state index in [1.165, 1.54) is 22.6 Å². The summed E-state index contributed by atoms with van der Waals surface area (Å²) in [4.78, 5) is 17.1. The largest absolute Gasteiger partial charge is 0.455 e. The van der Waals surface area contributed by atoms with Gasteiger partial charge in [-0.1, -0.05) is 24.6 Å². The number of pyridine rings is 1. The summed E-state index contributed by atoms with van der Waals surface area (Å²) in [6.45, 7) is 2.84. The molecule has 4 rings (SSSR count). The van der Waals surface area contributed by atoms with Gasteiger partial charge in [-0.3, -0.25) is 9.78 Å². The van der Waals surface area contributed by atoms with E-state index in [-0.39, 0.29) is 10.6 Å². The Morgan fingerprint density at radius 1 is 1.00 bits per heavy atom. The van der Waals surface area contributed by atoms with Crippen molar-refractivity contribution in [1.29, 1.82) is 0 Å². The molecule has 1 aliphatic heterocycles. The number of hydrogen-bond acceptors (Lipinski definition) is 5. The first-order valence-corrected chi connectivity index (χ1v) is 12.0. The molecule has 7 nitrogen and oxygen atoms in total. The summed E-state index contributed by atoms with van der Waals surface area (Å²) < 4.78 is 33.8. The number of nitrogens with zero attached hydrogens (tertiary/aromatic N) is 2. The van der Waals surface area contributed by atoms with Crippen LogP contribution in [-0.2, 0) is 10.0 Å². The number of carbonyl (C=O) groups excluding carboxylic acids is 1. The molecule has 0 radical (unpaired) electrons. The van der Waals surface area contributed by atoms with Crippen molar-refractivity contribution in [3.05, 3.63) is 78.1 Å². The zero-order valence-electron chi connectivity index (χ0n) is 17.8. The molecular weight excluding hydrogens is 426 g/mol. The summed E-state index contributed by atoms with van der Waals surface area (Å²) in [6, 6.07) is 17.1. The number of anilines is 1. The zero-order valence-corrected chi connectivity index (χ0v) is 18.6. The van der Waals surface area contributed by atoms with Gasteiger partial charge in [-0.2, -0.15) is 4.31 Å². The van der Waals surface area contributed by atoms with Gasteiger partial charge in [-0.05, 0) is 62.2 Å². The Hall–Kier alpha value is -3.23. The lowest BCUT2D eigenvalue weighted by atomic mass is 10.2. The minimum absolute atomic E-state index is 0.122. The van der Waals surface area contributed by atoms with Crippen LogP contribution in [0.15, 0.2) is 71.8 Å². The highest BCUT2D eigenvalue weighted by Gasteiger charge is 2.27. The van der Waals surface area contributed by atoms with Crippen molar-refractivity contribution in [2.45, 2.75) is 31.1 Å². The maximum Gasteiger partial charge on any atom is 0.257 e. The standard InChI is InChI=1S/C24H25N3O4S/c1-18-10-11-19(17-25-18)24(28)26-22-16-21(32(29,30)27-14-6-3-7-15-27)12-13-23(22)31-20-8-4-2-5-9-20/h2,4-5,8-13,16-17H,3,6-7,14-15H2,1H3,(H,26,28). The van der Waals surface area contributed by atoms with Gasteiger partial charge < -0.3 is 10.1 Å². The van der Waals surface area contributed by atoms with E-state index in [1.54, 1.807) is 30.3 Å².